The maximum atomic E-state index is 5.54. The van der Waals surface area contributed by atoms with E-state index < -0.39 is 0 Å². The summed E-state index contributed by atoms with van der Waals surface area (Å²) >= 11 is 0. The average molecular weight is 403 g/mol. The third-order valence-corrected chi connectivity index (χ3v) is 6.68. The van der Waals surface area contributed by atoms with E-state index in [-0.39, 0.29) is 0 Å². The predicted octanol–water partition coefficient (Wildman–Crippen LogP) is 3.59. The van der Waals surface area contributed by atoms with Crippen LogP contribution in [0.4, 0.5) is 0 Å². The molecule has 0 N–H and O–H groups in total. The van der Waals surface area contributed by atoms with E-state index in [1.807, 2.05) is 24.4 Å². The first-order chi connectivity index (χ1) is 14.8. The van der Waals surface area contributed by atoms with Crippen molar-refractivity contribution in [3.8, 4) is 28.5 Å². The number of imidazole rings is 1. The molecular weight excluding hydrogens is 378 g/mol. The Labute approximate surface area is 176 Å². The molecule has 2 atom stereocenters. The highest BCUT2D eigenvalue weighted by atomic mass is 16.7. The van der Waals surface area contributed by atoms with Crippen LogP contribution in [0.15, 0.2) is 48.7 Å². The van der Waals surface area contributed by atoms with Gasteiger partial charge in [0.2, 0.25) is 6.79 Å². The monoisotopic (exact) mass is 403 g/mol. The van der Waals surface area contributed by atoms with Gasteiger partial charge in [-0.05, 0) is 53.8 Å². The van der Waals surface area contributed by atoms with Crippen LogP contribution in [0.5, 0.6) is 17.2 Å². The van der Waals surface area contributed by atoms with Crippen molar-refractivity contribution in [3.63, 3.8) is 0 Å². The fourth-order valence-corrected chi connectivity index (χ4v) is 5.14. The minimum atomic E-state index is 0.328. The normalized spacial score (nSPS) is 22.0. The van der Waals surface area contributed by atoms with E-state index in [0.29, 0.717) is 18.6 Å². The number of aromatic nitrogens is 2. The van der Waals surface area contributed by atoms with E-state index in [2.05, 4.69) is 33.7 Å². The Kier molecular flexibility index (Phi) is 4.20. The molecule has 0 saturated carbocycles. The van der Waals surface area contributed by atoms with Gasteiger partial charge in [0.1, 0.15) is 11.6 Å². The van der Waals surface area contributed by atoms with E-state index in [9.17, 15) is 0 Å². The summed E-state index contributed by atoms with van der Waals surface area (Å²) in [7, 11) is 1.70. The lowest BCUT2D eigenvalue weighted by Crippen LogP contribution is -2.28. The van der Waals surface area contributed by atoms with Crippen LogP contribution in [0.2, 0.25) is 0 Å². The number of hydrogen-bond acceptors (Lipinski definition) is 5. The molecule has 1 fully saturated rings. The van der Waals surface area contributed by atoms with E-state index in [1.165, 1.54) is 22.6 Å². The molecule has 2 aromatic carbocycles. The maximum absolute atomic E-state index is 5.54. The molecule has 6 rings (SSSR count). The largest absolute Gasteiger partial charge is 0.497 e. The highest BCUT2D eigenvalue weighted by molar-refractivity contribution is 5.60. The zero-order valence-electron chi connectivity index (χ0n) is 17.1. The molecule has 0 spiro atoms. The summed E-state index contributed by atoms with van der Waals surface area (Å²) in [5.41, 5.74) is 3.69. The Morgan fingerprint density at radius 3 is 2.70 bits per heavy atom. The van der Waals surface area contributed by atoms with E-state index in [0.717, 1.165) is 49.8 Å². The van der Waals surface area contributed by atoms with Gasteiger partial charge in [0, 0.05) is 38.2 Å². The van der Waals surface area contributed by atoms with Crippen LogP contribution >= 0.6 is 0 Å². The van der Waals surface area contributed by atoms with Gasteiger partial charge in [0.15, 0.2) is 11.5 Å². The summed E-state index contributed by atoms with van der Waals surface area (Å²) in [5, 5.41) is 0. The topological polar surface area (TPSA) is 48.8 Å². The molecule has 0 bridgehead atoms. The highest BCUT2D eigenvalue weighted by Crippen LogP contribution is 2.37. The van der Waals surface area contributed by atoms with Crippen molar-refractivity contribution >= 4 is 0 Å². The van der Waals surface area contributed by atoms with Crippen molar-refractivity contribution in [1.29, 1.82) is 0 Å². The second-order valence-electron chi connectivity index (χ2n) is 8.50. The third-order valence-electron chi connectivity index (χ3n) is 6.68. The van der Waals surface area contributed by atoms with Gasteiger partial charge in [0.05, 0.1) is 19.0 Å². The van der Waals surface area contributed by atoms with Gasteiger partial charge in [0.25, 0.3) is 0 Å². The van der Waals surface area contributed by atoms with Gasteiger partial charge in [-0.25, -0.2) is 4.98 Å². The van der Waals surface area contributed by atoms with Crippen LogP contribution in [0.3, 0.4) is 0 Å². The molecule has 0 aliphatic carbocycles. The van der Waals surface area contributed by atoms with Crippen LogP contribution in [-0.2, 0) is 19.5 Å². The maximum Gasteiger partial charge on any atom is 0.231 e. The zero-order chi connectivity index (χ0) is 20.1. The summed E-state index contributed by atoms with van der Waals surface area (Å²) in [6.45, 7) is 4.58. The van der Waals surface area contributed by atoms with Crippen molar-refractivity contribution in [2.24, 2.45) is 11.8 Å². The van der Waals surface area contributed by atoms with Gasteiger partial charge in [-0.1, -0.05) is 6.07 Å². The number of likely N-dealkylation sites (tertiary alicyclic amines) is 1. The van der Waals surface area contributed by atoms with Gasteiger partial charge in [-0.2, -0.15) is 0 Å². The van der Waals surface area contributed by atoms with Crippen LogP contribution in [0, 0.1) is 11.8 Å². The Morgan fingerprint density at radius 1 is 1.00 bits per heavy atom. The van der Waals surface area contributed by atoms with E-state index in [4.69, 9.17) is 19.2 Å². The molecule has 30 heavy (non-hydrogen) atoms. The van der Waals surface area contributed by atoms with Crippen LogP contribution in [-0.4, -0.2) is 41.4 Å². The molecule has 6 nitrogen and oxygen atoms in total. The first-order valence-electron chi connectivity index (χ1n) is 10.6. The summed E-state index contributed by atoms with van der Waals surface area (Å²) in [6, 6.07) is 14.6. The molecule has 3 aliphatic rings. The standard InChI is InChI=1S/C24H25N3O3/c1-28-20-5-3-17(4-6-20)21-10-25-24-9-18-12-26(13-19(18)14-27(21)24)11-16-2-7-22-23(8-16)30-15-29-22/h2-8,10,18-19H,9,11-15H2,1H3/t18-,19-/m0/s1. The number of fused-ring (bicyclic) bond motifs is 3. The average Bonchev–Trinajstić information content (AvgIpc) is 3.49. The molecule has 0 unspecified atom stereocenters. The summed E-state index contributed by atoms with van der Waals surface area (Å²) in [6.07, 6.45) is 3.08. The fourth-order valence-electron chi connectivity index (χ4n) is 5.14. The first kappa shape index (κ1) is 17.8. The fraction of sp³-hybridized carbons (Fsp3) is 0.375. The molecular formula is C24H25N3O3. The number of hydrogen-bond donors (Lipinski definition) is 0. The lowest BCUT2D eigenvalue weighted by Gasteiger charge is -2.27. The highest BCUT2D eigenvalue weighted by Gasteiger charge is 2.38. The lowest BCUT2D eigenvalue weighted by atomic mass is 9.89. The van der Waals surface area contributed by atoms with Crippen molar-refractivity contribution < 1.29 is 14.2 Å². The molecule has 0 radical (unpaired) electrons. The molecule has 1 saturated heterocycles. The third kappa shape index (κ3) is 3.03. The Morgan fingerprint density at radius 2 is 1.83 bits per heavy atom. The summed E-state index contributed by atoms with van der Waals surface area (Å²) in [4.78, 5) is 7.34. The number of rotatable bonds is 4. The Hall–Kier alpha value is -2.99. The van der Waals surface area contributed by atoms with Gasteiger partial charge in [-0.3, -0.25) is 4.90 Å². The number of nitrogens with zero attached hydrogens (tertiary/aromatic N) is 3. The van der Waals surface area contributed by atoms with Crippen molar-refractivity contribution in [3.05, 3.63) is 60.0 Å². The van der Waals surface area contributed by atoms with Crippen molar-refractivity contribution in [2.45, 2.75) is 19.5 Å². The summed E-state index contributed by atoms with van der Waals surface area (Å²) < 4.78 is 18.7. The van der Waals surface area contributed by atoms with E-state index >= 15 is 0 Å². The number of methoxy groups -OCH3 is 1. The number of ether oxygens (including phenoxy) is 3. The SMILES string of the molecule is COc1ccc(-c2cnc3n2C[C@@H]2CN(Cc4ccc5c(c4)OCO5)C[C@@H]2C3)cc1. The molecule has 4 heterocycles. The second-order valence-corrected chi connectivity index (χ2v) is 8.50. The summed E-state index contributed by atoms with van der Waals surface area (Å²) in [5.74, 6) is 5.16. The quantitative estimate of drug-likeness (QED) is 0.666. The van der Waals surface area contributed by atoms with Crippen LogP contribution in [0.1, 0.15) is 11.4 Å². The molecule has 6 heteroatoms. The van der Waals surface area contributed by atoms with Gasteiger partial charge >= 0.3 is 0 Å². The predicted molar refractivity (Wildman–Crippen MR) is 113 cm³/mol. The van der Waals surface area contributed by atoms with Crippen LogP contribution in [0.25, 0.3) is 11.3 Å². The molecule has 3 aromatic rings. The smallest absolute Gasteiger partial charge is 0.231 e. The molecule has 154 valence electrons. The minimum absolute atomic E-state index is 0.328. The van der Waals surface area contributed by atoms with Crippen molar-refractivity contribution in [2.75, 3.05) is 27.0 Å². The van der Waals surface area contributed by atoms with E-state index in [1.54, 1.807) is 7.11 Å². The lowest BCUT2D eigenvalue weighted by molar-refractivity contribution is 0.174. The molecule has 0 amide bonds. The number of benzene rings is 2. The Balaban J connectivity index is 1.18. The van der Waals surface area contributed by atoms with Crippen LogP contribution < -0.4 is 14.2 Å². The molecule has 1 aromatic heterocycles. The van der Waals surface area contributed by atoms with Crippen molar-refractivity contribution in [1.82, 2.24) is 14.5 Å². The minimum Gasteiger partial charge on any atom is -0.497 e. The first-order valence-corrected chi connectivity index (χ1v) is 10.6. The van der Waals surface area contributed by atoms with Gasteiger partial charge < -0.3 is 18.8 Å². The Bertz CT molecular complexity index is 1080. The van der Waals surface area contributed by atoms with Gasteiger partial charge in [-0.15, -0.1) is 0 Å². The zero-order valence-corrected chi connectivity index (χ0v) is 17.1. The molecule has 3 aliphatic heterocycles. The second kappa shape index (κ2) is 7.06.